The third kappa shape index (κ3) is 3.31. The number of carbonyl (C=O) groups is 1. The lowest BCUT2D eigenvalue weighted by Crippen LogP contribution is -2.23. The van der Waals surface area contributed by atoms with E-state index >= 15 is 0 Å². The normalized spacial score (nSPS) is 11.1. The van der Waals surface area contributed by atoms with Crippen molar-refractivity contribution in [1.82, 2.24) is 19.7 Å². The summed E-state index contributed by atoms with van der Waals surface area (Å²) in [6.45, 7) is 3.93. The summed E-state index contributed by atoms with van der Waals surface area (Å²) in [5, 5.41) is 5.79. The van der Waals surface area contributed by atoms with Crippen molar-refractivity contribution in [3.05, 3.63) is 63.2 Å². The molecule has 0 saturated heterocycles. The predicted octanol–water partition coefficient (Wildman–Crippen LogP) is 3.19. The van der Waals surface area contributed by atoms with Gasteiger partial charge >= 0.3 is 5.97 Å². The summed E-state index contributed by atoms with van der Waals surface area (Å²) in [7, 11) is 0. The van der Waals surface area contributed by atoms with Crippen LogP contribution in [0.2, 0.25) is 0 Å². The number of hydrogen-bond acceptors (Lipinski definition) is 8. The minimum atomic E-state index is -0.536. The zero-order valence-corrected chi connectivity index (χ0v) is 16.0. The Kier molecular flexibility index (Phi) is 4.74. The number of aromatic nitrogens is 4. The molecule has 0 fully saturated rings. The van der Waals surface area contributed by atoms with Crippen LogP contribution in [0.4, 0.5) is 0 Å². The van der Waals surface area contributed by atoms with E-state index in [0.29, 0.717) is 34.7 Å². The fourth-order valence-electron chi connectivity index (χ4n) is 2.85. The minimum absolute atomic E-state index is 0.129. The van der Waals surface area contributed by atoms with Gasteiger partial charge in [-0.2, -0.15) is 4.98 Å². The second-order valence-electron chi connectivity index (χ2n) is 6.02. The summed E-state index contributed by atoms with van der Waals surface area (Å²) in [5.41, 5.74) is 1.81. The number of carbonyl (C=O) groups excluding carboxylic acids is 1. The van der Waals surface area contributed by atoms with Gasteiger partial charge in [-0.15, -0.1) is 11.3 Å². The summed E-state index contributed by atoms with van der Waals surface area (Å²) in [5.74, 6) is 0.141. The molecule has 9 heteroatoms. The third-order valence-corrected chi connectivity index (χ3v) is 5.06. The molecule has 3 aromatic heterocycles. The average Bonchev–Trinajstić information content (AvgIpc) is 3.38. The molecule has 0 amide bonds. The molecule has 0 aliphatic carbocycles. The zero-order chi connectivity index (χ0) is 19.7. The summed E-state index contributed by atoms with van der Waals surface area (Å²) in [6.07, 6.45) is 0. The van der Waals surface area contributed by atoms with E-state index in [1.165, 1.54) is 11.3 Å². The minimum Gasteiger partial charge on any atom is -0.452 e. The van der Waals surface area contributed by atoms with Crippen LogP contribution in [0, 0.1) is 6.92 Å². The number of esters is 1. The van der Waals surface area contributed by atoms with Crippen LogP contribution in [0.15, 0.2) is 45.0 Å². The Hall–Kier alpha value is -3.33. The second kappa shape index (κ2) is 7.35. The molecule has 0 radical (unpaired) electrons. The lowest BCUT2D eigenvalue weighted by molar-refractivity contribution is 0.0430. The quantitative estimate of drug-likeness (QED) is 0.478. The van der Waals surface area contributed by atoms with Crippen LogP contribution in [0.3, 0.4) is 0 Å². The largest absolute Gasteiger partial charge is 0.452 e. The Morgan fingerprint density at radius 1 is 1.29 bits per heavy atom. The number of thiophene rings is 1. The highest BCUT2D eigenvalue weighted by Crippen LogP contribution is 2.21. The summed E-state index contributed by atoms with van der Waals surface area (Å²) in [6, 6.07) is 8.69. The van der Waals surface area contributed by atoms with E-state index in [9.17, 15) is 9.59 Å². The van der Waals surface area contributed by atoms with Gasteiger partial charge in [-0.05, 0) is 43.5 Å². The first kappa shape index (κ1) is 18.1. The number of benzene rings is 1. The highest BCUT2D eigenvalue weighted by molar-refractivity contribution is 7.13. The maximum atomic E-state index is 12.4. The van der Waals surface area contributed by atoms with Crippen molar-refractivity contribution in [2.75, 3.05) is 0 Å². The first-order valence-corrected chi connectivity index (χ1v) is 9.49. The van der Waals surface area contributed by atoms with Crippen LogP contribution in [-0.2, 0) is 17.9 Å². The van der Waals surface area contributed by atoms with Crippen molar-refractivity contribution in [3.8, 4) is 10.7 Å². The number of ether oxygens (including phenoxy) is 1. The van der Waals surface area contributed by atoms with E-state index in [4.69, 9.17) is 9.26 Å². The molecule has 142 valence electrons. The molecule has 0 unspecified atom stereocenters. The van der Waals surface area contributed by atoms with Crippen molar-refractivity contribution in [3.63, 3.8) is 0 Å². The fourth-order valence-corrected chi connectivity index (χ4v) is 3.49. The van der Waals surface area contributed by atoms with Crippen LogP contribution in [0.1, 0.15) is 28.9 Å². The summed E-state index contributed by atoms with van der Waals surface area (Å²) in [4.78, 5) is 34.0. The molecule has 0 saturated carbocycles. The molecule has 0 N–H and O–H groups in total. The van der Waals surface area contributed by atoms with E-state index in [0.717, 1.165) is 4.88 Å². The van der Waals surface area contributed by atoms with Gasteiger partial charge in [-0.1, -0.05) is 11.2 Å². The van der Waals surface area contributed by atoms with Crippen LogP contribution >= 0.6 is 11.3 Å². The van der Waals surface area contributed by atoms with Crippen LogP contribution in [-0.4, -0.2) is 25.7 Å². The molecule has 0 atom stereocenters. The maximum absolute atomic E-state index is 12.4. The second-order valence-corrected chi connectivity index (χ2v) is 6.96. The number of rotatable bonds is 5. The first-order valence-electron chi connectivity index (χ1n) is 8.61. The van der Waals surface area contributed by atoms with E-state index < -0.39 is 5.97 Å². The average molecular weight is 396 g/mol. The van der Waals surface area contributed by atoms with Gasteiger partial charge in [0.15, 0.2) is 6.61 Å². The maximum Gasteiger partial charge on any atom is 0.338 e. The van der Waals surface area contributed by atoms with Crippen molar-refractivity contribution in [2.45, 2.75) is 27.0 Å². The fraction of sp³-hybridized carbons (Fsp3) is 0.211. The van der Waals surface area contributed by atoms with Gasteiger partial charge in [0.1, 0.15) is 5.69 Å². The third-order valence-electron chi connectivity index (χ3n) is 4.20. The van der Waals surface area contributed by atoms with Crippen LogP contribution in [0.25, 0.3) is 21.7 Å². The Morgan fingerprint density at radius 2 is 2.14 bits per heavy atom. The monoisotopic (exact) mass is 396 g/mol. The molecule has 4 aromatic rings. The Labute approximate surface area is 163 Å². The number of nitrogens with zero attached hydrogens (tertiary/aromatic N) is 4. The molecule has 28 heavy (non-hydrogen) atoms. The SMILES string of the molecule is CCn1c(=O)c(C)nc2cc(C(=O)OCc3nc(-c4cccs4)no3)ccc21. The van der Waals surface area contributed by atoms with Crippen molar-refractivity contribution < 1.29 is 14.1 Å². The van der Waals surface area contributed by atoms with Crippen molar-refractivity contribution in [1.29, 1.82) is 0 Å². The van der Waals surface area contributed by atoms with Gasteiger partial charge in [0.25, 0.3) is 11.4 Å². The van der Waals surface area contributed by atoms with Crippen LogP contribution < -0.4 is 5.56 Å². The van der Waals surface area contributed by atoms with Gasteiger partial charge in [0, 0.05) is 6.54 Å². The molecule has 1 aromatic carbocycles. The zero-order valence-electron chi connectivity index (χ0n) is 15.2. The van der Waals surface area contributed by atoms with Gasteiger partial charge in [0.05, 0.1) is 21.5 Å². The Morgan fingerprint density at radius 3 is 2.89 bits per heavy atom. The van der Waals surface area contributed by atoms with E-state index in [2.05, 4.69) is 15.1 Å². The number of hydrogen-bond donors (Lipinski definition) is 0. The van der Waals surface area contributed by atoms with Gasteiger partial charge in [-0.25, -0.2) is 9.78 Å². The van der Waals surface area contributed by atoms with E-state index in [1.807, 2.05) is 24.4 Å². The van der Waals surface area contributed by atoms with Crippen molar-refractivity contribution in [2.24, 2.45) is 0 Å². The lowest BCUT2D eigenvalue weighted by Gasteiger charge is -2.09. The molecule has 0 aliphatic heterocycles. The van der Waals surface area contributed by atoms with Gasteiger partial charge in [-0.3, -0.25) is 4.79 Å². The topological polar surface area (TPSA) is 100 Å². The standard InChI is InChI=1S/C19H16N4O4S/c1-3-23-14-7-6-12(9-13(14)20-11(2)18(23)24)19(25)26-10-16-21-17(22-27-16)15-5-4-8-28-15/h4-9H,3,10H2,1-2H3. The molecule has 3 heterocycles. The van der Waals surface area contributed by atoms with Crippen LogP contribution in [0.5, 0.6) is 0 Å². The van der Waals surface area contributed by atoms with E-state index in [1.54, 1.807) is 29.7 Å². The van der Waals surface area contributed by atoms with Gasteiger partial charge < -0.3 is 13.8 Å². The number of aryl methyl sites for hydroxylation is 2. The summed E-state index contributed by atoms with van der Waals surface area (Å²) < 4.78 is 12.0. The van der Waals surface area contributed by atoms with Gasteiger partial charge in [0.2, 0.25) is 5.82 Å². The highest BCUT2D eigenvalue weighted by Gasteiger charge is 2.15. The number of fused-ring (bicyclic) bond motifs is 1. The molecule has 4 rings (SSSR count). The van der Waals surface area contributed by atoms with Crippen molar-refractivity contribution >= 4 is 28.3 Å². The highest BCUT2D eigenvalue weighted by atomic mass is 32.1. The molecule has 0 aliphatic rings. The lowest BCUT2D eigenvalue weighted by atomic mass is 10.2. The molecule has 0 bridgehead atoms. The summed E-state index contributed by atoms with van der Waals surface area (Å²) >= 11 is 1.49. The Bertz CT molecular complexity index is 1210. The Balaban J connectivity index is 1.53. The van der Waals surface area contributed by atoms with E-state index in [-0.39, 0.29) is 18.1 Å². The molecular formula is C19H16N4O4S. The molecular weight excluding hydrogens is 380 g/mol. The smallest absolute Gasteiger partial charge is 0.338 e. The first-order chi connectivity index (χ1) is 13.6. The molecule has 0 spiro atoms. The predicted molar refractivity (Wildman–Crippen MR) is 103 cm³/mol. The molecule has 8 nitrogen and oxygen atoms in total.